The Hall–Kier alpha value is -0.550. The van der Waals surface area contributed by atoms with E-state index in [9.17, 15) is 0 Å². The van der Waals surface area contributed by atoms with Crippen LogP contribution in [-0.4, -0.2) is 24.5 Å². The Kier molecular flexibility index (Phi) is 14.1. The fourth-order valence-corrected chi connectivity index (χ4v) is 1.32. The van der Waals surface area contributed by atoms with Crippen molar-refractivity contribution in [3.63, 3.8) is 0 Å². The molecule has 1 aliphatic heterocycles. The number of rotatable bonds is 1. The molecule has 14 heavy (non-hydrogen) atoms. The molecule has 0 bridgehead atoms. The topological polar surface area (TPSA) is 27.0 Å². The highest BCUT2D eigenvalue weighted by atomic mass is 15.1. The molecule has 0 unspecified atom stereocenters. The summed E-state index contributed by atoms with van der Waals surface area (Å²) in [5, 5.41) is 8.39. The molecule has 1 fully saturated rings. The van der Waals surface area contributed by atoms with Gasteiger partial charge >= 0.3 is 0 Å². The molecule has 0 aromatic heterocycles. The smallest absolute Gasteiger partial charge is 0.0865 e. The van der Waals surface area contributed by atoms with E-state index in [2.05, 4.69) is 17.9 Å². The summed E-state index contributed by atoms with van der Waals surface area (Å²) >= 11 is 0. The molecule has 1 rings (SSSR count). The fourth-order valence-electron chi connectivity index (χ4n) is 1.32. The van der Waals surface area contributed by atoms with Crippen LogP contribution in [-0.2, 0) is 0 Å². The molecule has 0 radical (unpaired) electrons. The third-order valence-corrected chi connectivity index (χ3v) is 2.17. The number of piperidine rings is 1. The molecule has 2 heteroatoms. The van der Waals surface area contributed by atoms with Gasteiger partial charge in [0.1, 0.15) is 0 Å². The lowest BCUT2D eigenvalue weighted by molar-refractivity contribution is 0.212. The van der Waals surface area contributed by atoms with Gasteiger partial charge in [-0.05, 0) is 31.8 Å². The lowest BCUT2D eigenvalue weighted by Crippen LogP contribution is -2.32. The normalized spacial score (nSPS) is 16.9. The molecule has 0 spiro atoms. The Balaban J connectivity index is 0. The van der Waals surface area contributed by atoms with E-state index in [-0.39, 0.29) is 0 Å². The van der Waals surface area contributed by atoms with E-state index in [4.69, 9.17) is 5.26 Å². The van der Waals surface area contributed by atoms with Crippen LogP contribution in [0.4, 0.5) is 0 Å². The lowest BCUT2D eigenvalue weighted by Gasteiger charge is -2.27. The van der Waals surface area contributed by atoms with Crippen LogP contribution in [0.25, 0.3) is 0 Å². The summed E-state index contributed by atoms with van der Waals surface area (Å²) in [5.41, 5.74) is 0. The average molecular weight is 198 g/mol. The fraction of sp³-hybridized carbons (Fsp3) is 0.917. The Morgan fingerprint density at radius 2 is 1.57 bits per heavy atom. The quantitative estimate of drug-likeness (QED) is 0.604. The van der Waals surface area contributed by atoms with Gasteiger partial charge in [0.25, 0.3) is 0 Å². The van der Waals surface area contributed by atoms with Crippen LogP contribution < -0.4 is 0 Å². The minimum absolute atomic E-state index is 0.618. The van der Waals surface area contributed by atoms with E-state index in [0.29, 0.717) is 6.54 Å². The molecule has 1 saturated heterocycles. The minimum Gasteiger partial charge on any atom is -0.291 e. The summed E-state index contributed by atoms with van der Waals surface area (Å²) in [6.45, 7) is 13.1. The third kappa shape index (κ3) is 8.07. The van der Waals surface area contributed by atoms with Gasteiger partial charge in [-0.15, -0.1) is 0 Å². The molecular weight excluding hydrogens is 172 g/mol. The van der Waals surface area contributed by atoms with Crippen LogP contribution in [0.2, 0.25) is 0 Å². The van der Waals surface area contributed by atoms with Crippen molar-refractivity contribution in [2.75, 3.05) is 19.6 Å². The van der Waals surface area contributed by atoms with Crippen LogP contribution in [0.3, 0.4) is 0 Å². The van der Waals surface area contributed by atoms with E-state index >= 15 is 0 Å². The Morgan fingerprint density at radius 1 is 1.14 bits per heavy atom. The molecule has 0 saturated carbocycles. The Morgan fingerprint density at radius 3 is 1.93 bits per heavy atom. The maximum absolute atomic E-state index is 8.39. The molecule has 0 atom stereocenters. The predicted octanol–water partition coefficient (Wildman–Crippen LogP) is 3.29. The number of likely N-dealkylation sites (tertiary alicyclic amines) is 1. The van der Waals surface area contributed by atoms with Crippen LogP contribution in [0.5, 0.6) is 0 Å². The van der Waals surface area contributed by atoms with Crippen molar-refractivity contribution in [3.8, 4) is 6.07 Å². The summed E-state index contributed by atoms with van der Waals surface area (Å²) in [6, 6.07) is 2.18. The van der Waals surface area contributed by atoms with Crippen LogP contribution in [0.15, 0.2) is 0 Å². The lowest BCUT2D eigenvalue weighted by atomic mass is 9.99. The second-order valence-electron chi connectivity index (χ2n) is 3.12. The molecule has 1 aliphatic rings. The second kappa shape index (κ2) is 12.4. The zero-order chi connectivity index (χ0) is 11.4. The van der Waals surface area contributed by atoms with Crippen molar-refractivity contribution in [1.29, 1.82) is 5.26 Å². The molecule has 2 nitrogen and oxygen atoms in total. The molecule has 0 aromatic carbocycles. The van der Waals surface area contributed by atoms with Gasteiger partial charge in [0.15, 0.2) is 0 Å². The van der Waals surface area contributed by atoms with Gasteiger partial charge in [0.2, 0.25) is 0 Å². The number of nitrogens with zero attached hydrogens (tertiary/aromatic N) is 2. The highest BCUT2D eigenvalue weighted by Crippen LogP contribution is 2.14. The number of hydrogen-bond donors (Lipinski definition) is 0. The maximum atomic E-state index is 8.39. The largest absolute Gasteiger partial charge is 0.291 e. The van der Waals surface area contributed by atoms with E-state index in [1.54, 1.807) is 0 Å². The Labute approximate surface area is 89.9 Å². The summed E-state index contributed by atoms with van der Waals surface area (Å²) in [7, 11) is 0. The molecule has 1 heterocycles. The molecule has 0 aliphatic carbocycles. The zero-order valence-corrected chi connectivity index (χ0v) is 10.5. The van der Waals surface area contributed by atoms with Crippen molar-refractivity contribution in [1.82, 2.24) is 4.90 Å². The molecule has 0 amide bonds. The summed E-state index contributed by atoms with van der Waals surface area (Å²) in [4.78, 5) is 2.22. The van der Waals surface area contributed by atoms with Crippen molar-refractivity contribution < 1.29 is 0 Å². The van der Waals surface area contributed by atoms with E-state index in [1.165, 1.54) is 12.8 Å². The molecule has 0 aromatic rings. The standard InChI is InChI=1S/C8H14N2.2C2H6/c1-8-2-5-10(6-3-8)7-4-9;2*1-2/h8H,2-3,5-7H2,1H3;2*1-2H3. The predicted molar refractivity (Wildman–Crippen MR) is 63.1 cm³/mol. The zero-order valence-electron chi connectivity index (χ0n) is 10.5. The third-order valence-electron chi connectivity index (χ3n) is 2.17. The van der Waals surface area contributed by atoms with Gasteiger partial charge in [-0.25, -0.2) is 0 Å². The molecular formula is C12H26N2. The second-order valence-corrected chi connectivity index (χ2v) is 3.12. The molecule has 0 N–H and O–H groups in total. The SMILES string of the molecule is CC.CC.CC1CCN(CC#N)CC1. The number of hydrogen-bond acceptors (Lipinski definition) is 2. The average Bonchev–Trinajstić information content (AvgIpc) is 2.28. The van der Waals surface area contributed by atoms with Crippen molar-refractivity contribution >= 4 is 0 Å². The summed E-state index contributed by atoms with van der Waals surface area (Å²) in [5.74, 6) is 0.870. The molecule has 84 valence electrons. The first-order chi connectivity index (χ1) is 6.83. The first kappa shape index (κ1) is 15.9. The van der Waals surface area contributed by atoms with Gasteiger partial charge in [-0.2, -0.15) is 5.26 Å². The van der Waals surface area contributed by atoms with Gasteiger partial charge in [0.05, 0.1) is 12.6 Å². The summed E-state index contributed by atoms with van der Waals surface area (Å²) < 4.78 is 0. The first-order valence-electron chi connectivity index (χ1n) is 5.92. The number of nitriles is 1. The van der Waals surface area contributed by atoms with E-state index in [1.807, 2.05) is 27.7 Å². The van der Waals surface area contributed by atoms with Crippen LogP contribution in [0, 0.1) is 17.2 Å². The van der Waals surface area contributed by atoms with Crippen molar-refractivity contribution in [2.45, 2.75) is 47.5 Å². The first-order valence-corrected chi connectivity index (χ1v) is 5.92. The van der Waals surface area contributed by atoms with Gasteiger partial charge in [0, 0.05) is 0 Å². The van der Waals surface area contributed by atoms with Crippen LogP contribution >= 0.6 is 0 Å². The highest BCUT2D eigenvalue weighted by molar-refractivity contribution is 4.79. The van der Waals surface area contributed by atoms with Crippen molar-refractivity contribution in [3.05, 3.63) is 0 Å². The highest BCUT2D eigenvalue weighted by Gasteiger charge is 2.14. The van der Waals surface area contributed by atoms with Crippen molar-refractivity contribution in [2.24, 2.45) is 5.92 Å². The van der Waals surface area contributed by atoms with Crippen LogP contribution in [0.1, 0.15) is 47.5 Å². The maximum Gasteiger partial charge on any atom is 0.0865 e. The monoisotopic (exact) mass is 198 g/mol. The van der Waals surface area contributed by atoms with E-state index in [0.717, 1.165) is 19.0 Å². The summed E-state index contributed by atoms with van der Waals surface area (Å²) in [6.07, 6.45) is 2.53. The van der Waals surface area contributed by atoms with Gasteiger partial charge in [-0.3, -0.25) is 4.90 Å². The van der Waals surface area contributed by atoms with Gasteiger partial charge in [-0.1, -0.05) is 34.6 Å². The van der Waals surface area contributed by atoms with Gasteiger partial charge < -0.3 is 0 Å². The Bertz CT molecular complexity index is 130. The van der Waals surface area contributed by atoms with E-state index < -0.39 is 0 Å². The minimum atomic E-state index is 0.618.